The van der Waals surface area contributed by atoms with E-state index in [0.717, 1.165) is 31.6 Å². The Morgan fingerprint density at radius 3 is 1.12 bits per heavy atom. The van der Waals surface area contributed by atoms with Gasteiger partial charge in [0.25, 0.3) is 0 Å². The van der Waals surface area contributed by atoms with Crippen LogP contribution in [-0.2, 0) is 38.1 Å². The molecule has 3 aliphatic rings. The Morgan fingerprint density at radius 1 is 0.458 bits per heavy atom. The summed E-state index contributed by atoms with van der Waals surface area (Å²) in [5.74, 6) is -4.45. The third-order valence-electron chi connectivity index (χ3n) is 12.1. The summed E-state index contributed by atoms with van der Waals surface area (Å²) in [7, 11) is 0. The van der Waals surface area contributed by atoms with Gasteiger partial charge in [0.15, 0.2) is 0 Å². The van der Waals surface area contributed by atoms with Crippen LogP contribution >= 0.6 is 0 Å². The molecule has 0 aromatic carbocycles. The molecular formula is C48H87N3O8. The van der Waals surface area contributed by atoms with Crippen LogP contribution < -0.4 is 16.0 Å². The monoisotopic (exact) mass is 834 g/mol. The molecule has 2 unspecified atom stereocenters. The molecule has 0 amide bonds. The molecule has 2 atom stereocenters. The summed E-state index contributed by atoms with van der Waals surface area (Å²) in [5, 5.41) is 10.9. The molecule has 3 N–H and O–H groups in total. The van der Waals surface area contributed by atoms with Gasteiger partial charge in [0.05, 0.1) is 31.3 Å². The fraction of sp³-hybridized carbons (Fsp3) is 0.917. The number of nitrogens with one attached hydrogen (secondary N) is 3. The number of carbonyl (C=O) groups excluding carboxylic acids is 4. The highest BCUT2D eigenvalue weighted by Gasteiger charge is 2.47. The minimum Gasteiger partial charge on any atom is -0.466 e. The second-order valence-corrected chi connectivity index (χ2v) is 23.0. The van der Waals surface area contributed by atoms with Crippen LogP contribution in [0.2, 0.25) is 0 Å². The van der Waals surface area contributed by atoms with Crippen molar-refractivity contribution in [3.63, 3.8) is 0 Å². The Labute approximate surface area is 359 Å². The molecule has 0 aromatic rings. The molecule has 11 nitrogen and oxygen atoms in total. The minimum absolute atomic E-state index is 0.226. The zero-order chi connectivity index (χ0) is 44.5. The highest BCUT2D eigenvalue weighted by atomic mass is 16.6. The SMILES string of the molecule is CC(C)CCCCCCCCCCOC(=O)CC(C(=O)OC1CC(C)(C)NC(C)(C)C1)C(CC(=O)OC1CC(C)(C)NC(C)(C)C1)C(=O)OC1CC(C)(C)NC(C)(C)C1. The summed E-state index contributed by atoms with van der Waals surface area (Å²) in [6.45, 7) is 29.6. The molecule has 0 aliphatic carbocycles. The summed E-state index contributed by atoms with van der Waals surface area (Å²) in [6, 6.07) is 0. The van der Waals surface area contributed by atoms with Crippen LogP contribution in [0.15, 0.2) is 0 Å². The molecule has 0 saturated carbocycles. The maximum absolute atomic E-state index is 14.5. The van der Waals surface area contributed by atoms with E-state index in [-0.39, 0.29) is 39.8 Å². The maximum atomic E-state index is 14.5. The molecule has 0 radical (unpaired) electrons. The molecular weight excluding hydrogens is 747 g/mol. The number of carbonyl (C=O) groups is 4. The lowest BCUT2D eigenvalue weighted by Gasteiger charge is -2.46. The predicted octanol–water partition coefficient (Wildman–Crippen LogP) is 9.27. The lowest BCUT2D eigenvalue weighted by Crippen LogP contribution is -2.60. The molecule has 3 heterocycles. The summed E-state index contributed by atoms with van der Waals surface area (Å²) < 4.78 is 24.4. The van der Waals surface area contributed by atoms with Crippen molar-refractivity contribution < 1.29 is 38.1 Å². The van der Waals surface area contributed by atoms with Crippen LogP contribution in [0.1, 0.15) is 206 Å². The van der Waals surface area contributed by atoms with Crippen LogP contribution in [-0.4, -0.2) is 82.0 Å². The van der Waals surface area contributed by atoms with Crippen LogP contribution in [0.4, 0.5) is 0 Å². The largest absolute Gasteiger partial charge is 0.466 e. The lowest BCUT2D eigenvalue weighted by molar-refractivity contribution is -0.176. The third-order valence-corrected chi connectivity index (χ3v) is 12.1. The molecule has 0 bridgehead atoms. The van der Waals surface area contributed by atoms with Crippen molar-refractivity contribution in [2.24, 2.45) is 17.8 Å². The molecule has 11 heteroatoms. The number of ether oxygens (including phenoxy) is 4. The zero-order valence-electron chi connectivity index (χ0n) is 40.0. The number of esters is 4. The summed E-state index contributed by atoms with van der Waals surface area (Å²) in [4.78, 5) is 56.7. The van der Waals surface area contributed by atoms with Crippen LogP contribution in [0.25, 0.3) is 0 Å². The van der Waals surface area contributed by atoms with Crippen LogP contribution in [0, 0.1) is 17.8 Å². The Morgan fingerprint density at radius 2 is 0.763 bits per heavy atom. The van der Waals surface area contributed by atoms with Crippen LogP contribution in [0.5, 0.6) is 0 Å². The standard InChI is InChI=1S/C48H87N3O8/c1-33(2)23-21-19-17-15-16-18-20-22-24-56-39(52)25-37(41(54)58-35-29-45(7,8)50-46(9,10)30-35)38(42(55)59-36-31-47(11,12)51-48(13,14)32-36)26-40(53)57-34-27-43(3,4)49-44(5,6)28-34/h33-38,49-51H,15-32H2,1-14H3. The molecule has 3 aliphatic heterocycles. The van der Waals surface area contributed by atoms with Crippen molar-refractivity contribution in [2.75, 3.05) is 6.61 Å². The molecule has 0 spiro atoms. The second-order valence-electron chi connectivity index (χ2n) is 23.0. The van der Waals surface area contributed by atoms with Crippen molar-refractivity contribution in [3.05, 3.63) is 0 Å². The Bertz CT molecular complexity index is 1340. The average molecular weight is 834 g/mol. The van der Waals surface area contributed by atoms with Crippen molar-refractivity contribution in [2.45, 2.75) is 258 Å². The van der Waals surface area contributed by atoms with Gasteiger partial charge in [-0.3, -0.25) is 19.2 Å². The van der Waals surface area contributed by atoms with Gasteiger partial charge in [0.1, 0.15) is 18.3 Å². The molecule has 3 rings (SSSR count). The van der Waals surface area contributed by atoms with Gasteiger partial charge < -0.3 is 34.9 Å². The average Bonchev–Trinajstić information content (AvgIpc) is 3.00. The third kappa shape index (κ3) is 19.1. The highest BCUT2D eigenvalue weighted by Crippen LogP contribution is 2.36. The molecule has 3 fully saturated rings. The van der Waals surface area contributed by atoms with E-state index in [4.69, 9.17) is 18.9 Å². The van der Waals surface area contributed by atoms with Crippen LogP contribution in [0.3, 0.4) is 0 Å². The number of unbranched alkanes of at least 4 members (excludes halogenated alkanes) is 7. The first-order valence-corrected chi connectivity index (χ1v) is 23.2. The Kier molecular flexibility index (Phi) is 18.4. The minimum atomic E-state index is -1.31. The first kappa shape index (κ1) is 51.1. The first-order chi connectivity index (χ1) is 27.1. The van der Waals surface area contributed by atoms with Gasteiger partial charge in [-0.2, -0.15) is 0 Å². The fourth-order valence-corrected chi connectivity index (χ4v) is 10.8. The quantitative estimate of drug-likeness (QED) is 0.0579. The second kappa shape index (κ2) is 21.2. The lowest BCUT2D eigenvalue weighted by atomic mass is 9.80. The van der Waals surface area contributed by atoms with E-state index >= 15 is 0 Å². The van der Waals surface area contributed by atoms with E-state index in [1.54, 1.807) is 0 Å². The Hall–Kier alpha value is -2.24. The van der Waals surface area contributed by atoms with E-state index in [1.807, 2.05) is 0 Å². The molecule has 3 saturated heterocycles. The number of hydrogen-bond donors (Lipinski definition) is 3. The van der Waals surface area contributed by atoms with E-state index in [1.165, 1.54) is 32.1 Å². The summed E-state index contributed by atoms with van der Waals surface area (Å²) >= 11 is 0. The summed E-state index contributed by atoms with van der Waals surface area (Å²) in [6.07, 6.45) is 11.5. The topological polar surface area (TPSA) is 141 Å². The van der Waals surface area contributed by atoms with Gasteiger partial charge >= 0.3 is 23.9 Å². The molecule has 59 heavy (non-hydrogen) atoms. The van der Waals surface area contributed by atoms with Gasteiger partial charge in [-0.25, -0.2) is 0 Å². The molecule has 342 valence electrons. The first-order valence-electron chi connectivity index (χ1n) is 23.2. The van der Waals surface area contributed by atoms with E-state index in [2.05, 4.69) is 113 Å². The van der Waals surface area contributed by atoms with Crippen molar-refractivity contribution >= 4 is 23.9 Å². The van der Waals surface area contributed by atoms with Crippen molar-refractivity contribution in [1.29, 1.82) is 0 Å². The predicted molar refractivity (Wildman–Crippen MR) is 235 cm³/mol. The maximum Gasteiger partial charge on any atom is 0.310 e. The molecule has 0 aromatic heterocycles. The number of rotatable bonds is 21. The zero-order valence-corrected chi connectivity index (χ0v) is 40.0. The van der Waals surface area contributed by atoms with E-state index < -0.39 is 66.9 Å². The van der Waals surface area contributed by atoms with Gasteiger partial charge in [-0.1, -0.05) is 65.2 Å². The van der Waals surface area contributed by atoms with Gasteiger partial charge in [0.2, 0.25) is 0 Å². The summed E-state index contributed by atoms with van der Waals surface area (Å²) in [5.41, 5.74) is -1.83. The van der Waals surface area contributed by atoms with Crippen molar-refractivity contribution in [1.82, 2.24) is 16.0 Å². The van der Waals surface area contributed by atoms with Gasteiger partial charge in [-0.15, -0.1) is 0 Å². The van der Waals surface area contributed by atoms with Crippen molar-refractivity contribution in [3.8, 4) is 0 Å². The van der Waals surface area contributed by atoms with Gasteiger partial charge in [-0.05, 0) is 95.4 Å². The number of piperidine rings is 3. The highest BCUT2D eigenvalue weighted by molar-refractivity contribution is 5.88. The smallest absolute Gasteiger partial charge is 0.310 e. The fourth-order valence-electron chi connectivity index (χ4n) is 10.8. The normalized spacial score (nSPS) is 23.5. The van der Waals surface area contributed by atoms with E-state index in [0.29, 0.717) is 38.5 Å². The van der Waals surface area contributed by atoms with E-state index in [9.17, 15) is 19.2 Å². The number of hydrogen-bond acceptors (Lipinski definition) is 11. The van der Waals surface area contributed by atoms with Gasteiger partial charge in [0, 0.05) is 71.8 Å². The Balaban J connectivity index is 1.82.